The average molecular weight is 400 g/mol. The van der Waals surface area contributed by atoms with E-state index >= 15 is 0 Å². The zero-order valence-corrected chi connectivity index (χ0v) is 16.6. The fourth-order valence-corrected chi connectivity index (χ4v) is 4.68. The van der Waals surface area contributed by atoms with E-state index in [4.69, 9.17) is 14.0 Å². The summed E-state index contributed by atoms with van der Waals surface area (Å²) in [5.41, 5.74) is 0.424. The molecule has 2 fully saturated rings. The van der Waals surface area contributed by atoms with Crippen LogP contribution in [0.1, 0.15) is 24.8 Å². The Labute approximate surface area is 167 Å². The summed E-state index contributed by atoms with van der Waals surface area (Å²) in [7, 11) is 2.79. The Morgan fingerprint density at radius 3 is 2.62 bits per heavy atom. The molecule has 4 rings (SSSR count). The third-order valence-corrected chi connectivity index (χ3v) is 6.19. The zero-order valence-electron chi connectivity index (χ0n) is 16.6. The zero-order chi connectivity index (χ0) is 20.6. The summed E-state index contributed by atoms with van der Waals surface area (Å²) >= 11 is 0. The Bertz CT molecular complexity index is 990. The van der Waals surface area contributed by atoms with Gasteiger partial charge in [0.1, 0.15) is 5.58 Å². The standard InChI is InChI=1S/C21H24N2O6/c1-27-20(26)16-11-18(24)23(28-2)21(16)7-9-22(10-8-21)12-14-13-29-17-6-4-3-5-15(17)19(14)25/h3-6,13,16H,7-12H2,1-2H3. The highest BCUT2D eigenvalue weighted by molar-refractivity contribution is 5.88. The van der Waals surface area contributed by atoms with Crippen molar-refractivity contribution in [3.05, 3.63) is 46.3 Å². The van der Waals surface area contributed by atoms with E-state index in [1.54, 1.807) is 12.1 Å². The molecule has 1 spiro atoms. The molecule has 1 unspecified atom stereocenters. The van der Waals surface area contributed by atoms with Gasteiger partial charge in [0.05, 0.1) is 37.3 Å². The lowest BCUT2D eigenvalue weighted by Crippen LogP contribution is -2.57. The molecule has 1 atom stereocenters. The van der Waals surface area contributed by atoms with Crippen molar-refractivity contribution in [2.45, 2.75) is 31.3 Å². The second-order valence-electron chi connectivity index (χ2n) is 7.62. The van der Waals surface area contributed by atoms with Crippen molar-refractivity contribution in [2.24, 2.45) is 5.92 Å². The monoisotopic (exact) mass is 400 g/mol. The number of hydrogen-bond donors (Lipinski definition) is 0. The highest BCUT2D eigenvalue weighted by atomic mass is 16.7. The second kappa shape index (κ2) is 7.61. The molecule has 8 heteroatoms. The number of ether oxygens (including phenoxy) is 1. The topological polar surface area (TPSA) is 89.3 Å². The van der Waals surface area contributed by atoms with E-state index in [1.807, 2.05) is 12.1 Å². The number of carbonyl (C=O) groups excluding carboxylic acids is 2. The van der Waals surface area contributed by atoms with Crippen LogP contribution < -0.4 is 5.43 Å². The maximum atomic E-state index is 12.8. The van der Waals surface area contributed by atoms with Crippen molar-refractivity contribution in [2.75, 3.05) is 27.3 Å². The summed E-state index contributed by atoms with van der Waals surface area (Å²) in [6.07, 6.45) is 2.73. The van der Waals surface area contributed by atoms with Gasteiger partial charge in [0.2, 0.25) is 5.91 Å². The molecule has 3 heterocycles. The maximum Gasteiger partial charge on any atom is 0.311 e. The Morgan fingerprint density at radius 1 is 1.21 bits per heavy atom. The quantitative estimate of drug-likeness (QED) is 0.722. The highest BCUT2D eigenvalue weighted by Crippen LogP contribution is 2.44. The molecule has 8 nitrogen and oxygen atoms in total. The molecule has 1 amide bonds. The fourth-order valence-electron chi connectivity index (χ4n) is 4.68. The molecule has 1 aromatic carbocycles. The predicted molar refractivity (Wildman–Crippen MR) is 104 cm³/mol. The Hall–Kier alpha value is -2.71. The molecule has 1 aromatic heterocycles. The minimum absolute atomic E-state index is 0.0332. The SMILES string of the molecule is COC(=O)C1CC(=O)N(OC)C12CCN(Cc1coc3ccccc3c1=O)CC2. The molecule has 2 aliphatic heterocycles. The molecule has 0 bridgehead atoms. The predicted octanol–water partition coefficient (Wildman–Crippen LogP) is 1.71. The van der Waals surface area contributed by atoms with Crippen molar-refractivity contribution >= 4 is 22.8 Å². The number of para-hydroxylation sites is 1. The molecule has 29 heavy (non-hydrogen) atoms. The van der Waals surface area contributed by atoms with Crippen LogP contribution in [-0.2, 0) is 25.7 Å². The molecule has 154 valence electrons. The smallest absolute Gasteiger partial charge is 0.311 e. The number of benzene rings is 1. The van der Waals surface area contributed by atoms with Crippen molar-refractivity contribution in [1.82, 2.24) is 9.96 Å². The molecule has 2 saturated heterocycles. The number of hydrogen-bond acceptors (Lipinski definition) is 7. The number of likely N-dealkylation sites (tertiary alicyclic amines) is 1. The minimum atomic E-state index is -0.705. The van der Waals surface area contributed by atoms with Crippen molar-refractivity contribution in [3.63, 3.8) is 0 Å². The first-order chi connectivity index (χ1) is 14.0. The van der Waals surface area contributed by atoms with Gasteiger partial charge in [-0.15, -0.1) is 0 Å². The maximum absolute atomic E-state index is 12.8. The summed E-state index contributed by atoms with van der Waals surface area (Å²) in [6, 6.07) is 7.18. The number of rotatable bonds is 4. The molecule has 0 saturated carbocycles. The second-order valence-corrected chi connectivity index (χ2v) is 7.62. The molecular weight excluding hydrogens is 376 g/mol. The van der Waals surface area contributed by atoms with E-state index < -0.39 is 11.5 Å². The van der Waals surface area contributed by atoms with Crippen LogP contribution in [0.3, 0.4) is 0 Å². The minimum Gasteiger partial charge on any atom is -0.469 e. The van der Waals surface area contributed by atoms with Crippen molar-refractivity contribution in [1.29, 1.82) is 0 Å². The van der Waals surface area contributed by atoms with Crippen LogP contribution in [0, 0.1) is 5.92 Å². The van der Waals surface area contributed by atoms with E-state index in [2.05, 4.69) is 4.90 Å². The van der Waals surface area contributed by atoms with Crippen LogP contribution in [0.4, 0.5) is 0 Å². The number of methoxy groups -OCH3 is 1. The molecular formula is C21H24N2O6. The summed E-state index contributed by atoms with van der Waals surface area (Å²) < 4.78 is 10.6. The largest absolute Gasteiger partial charge is 0.469 e. The lowest BCUT2D eigenvalue weighted by Gasteiger charge is -2.45. The number of amides is 1. The number of fused-ring (bicyclic) bond motifs is 1. The van der Waals surface area contributed by atoms with E-state index in [0.717, 1.165) is 0 Å². The Balaban J connectivity index is 1.53. The van der Waals surface area contributed by atoms with Gasteiger partial charge in [-0.05, 0) is 25.0 Å². The van der Waals surface area contributed by atoms with E-state index in [1.165, 1.54) is 25.5 Å². The summed E-state index contributed by atoms with van der Waals surface area (Å²) in [5.74, 6) is -1.14. The van der Waals surface area contributed by atoms with Gasteiger partial charge in [0, 0.05) is 31.6 Å². The molecule has 0 aliphatic carbocycles. The number of piperidine rings is 1. The van der Waals surface area contributed by atoms with E-state index in [9.17, 15) is 14.4 Å². The third-order valence-electron chi connectivity index (χ3n) is 6.19. The van der Waals surface area contributed by atoms with Crippen LogP contribution in [0.15, 0.2) is 39.7 Å². The molecule has 0 radical (unpaired) electrons. The van der Waals surface area contributed by atoms with Gasteiger partial charge < -0.3 is 9.15 Å². The Kier molecular flexibility index (Phi) is 5.14. The van der Waals surface area contributed by atoms with Gasteiger partial charge in [-0.2, -0.15) is 0 Å². The van der Waals surface area contributed by atoms with Crippen LogP contribution in [0.25, 0.3) is 11.0 Å². The van der Waals surface area contributed by atoms with Gasteiger partial charge in [-0.3, -0.25) is 24.1 Å². The Morgan fingerprint density at radius 2 is 1.93 bits per heavy atom. The van der Waals surface area contributed by atoms with Gasteiger partial charge in [0.25, 0.3) is 0 Å². The average Bonchev–Trinajstić information content (AvgIpc) is 3.02. The number of esters is 1. The molecule has 0 N–H and O–H groups in total. The number of hydroxylamine groups is 2. The lowest BCUT2D eigenvalue weighted by molar-refractivity contribution is -0.210. The normalized spacial score (nSPS) is 21.8. The van der Waals surface area contributed by atoms with Crippen LogP contribution in [0.5, 0.6) is 0 Å². The first-order valence-corrected chi connectivity index (χ1v) is 9.67. The molecule has 2 aliphatic rings. The summed E-state index contributed by atoms with van der Waals surface area (Å²) in [5, 5.41) is 1.92. The van der Waals surface area contributed by atoms with Crippen molar-refractivity contribution < 1.29 is 23.6 Å². The van der Waals surface area contributed by atoms with E-state index in [0.29, 0.717) is 49.0 Å². The molecule has 2 aromatic rings. The van der Waals surface area contributed by atoms with Gasteiger partial charge in [-0.1, -0.05) is 12.1 Å². The fraction of sp³-hybridized carbons (Fsp3) is 0.476. The van der Waals surface area contributed by atoms with Gasteiger partial charge in [0.15, 0.2) is 5.43 Å². The van der Waals surface area contributed by atoms with Crippen LogP contribution in [0.2, 0.25) is 0 Å². The third kappa shape index (κ3) is 3.22. The first kappa shape index (κ1) is 19.6. The van der Waals surface area contributed by atoms with Crippen molar-refractivity contribution in [3.8, 4) is 0 Å². The number of carbonyl (C=O) groups is 2. The summed E-state index contributed by atoms with van der Waals surface area (Å²) in [6.45, 7) is 1.69. The van der Waals surface area contributed by atoms with Gasteiger partial charge >= 0.3 is 5.97 Å². The number of nitrogens with zero attached hydrogens (tertiary/aromatic N) is 2. The van der Waals surface area contributed by atoms with Crippen LogP contribution >= 0.6 is 0 Å². The van der Waals surface area contributed by atoms with Crippen LogP contribution in [-0.4, -0.2) is 54.7 Å². The summed E-state index contributed by atoms with van der Waals surface area (Å²) in [4.78, 5) is 44.9. The highest BCUT2D eigenvalue weighted by Gasteiger charge is 2.58. The van der Waals surface area contributed by atoms with Gasteiger partial charge in [-0.25, -0.2) is 5.06 Å². The first-order valence-electron chi connectivity index (χ1n) is 9.67. The lowest BCUT2D eigenvalue weighted by atomic mass is 9.77. The van der Waals surface area contributed by atoms with E-state index in [-0.39, 0.29) is 23.7 Å².